The molecule has 0 radical (unpaired) electrons. The maximum atomic E-state index is 15.0. The lowest BCUT2D eigenvalue weighted by Crippen LogP contribution is -2.68. The van der Waals surface area contributed by atoms with Gasteiger partial charge in [-0.05, 0) is 63.1 Å². The SMILES string of the molecule is CCC[C@H]1N(C(=O)c2ncccc2C(F)(F)F)CCC[C@@]1(Oc1csc(C(F)(F)F)c1)C(=O)N1CCC(C#N)(c2ccccc2OCCC2(C(=O)[O-])CCC2)CC1. The Morgan fingerprint density at radius 1 is 0.982 bits per heavy atom. The lowest BCUT2D eigenvalue weighted by Gasteiger charge is -2.51. The van der Waals surface area contributed by atoms with Crippen LogP contribution in [0.5, 0.6) is 11.5 Å². The van der Waals surface area contributed by atoms with Crippen LogP contribution in [0.15, 0.2) is 54.0 Å². The molecule has 4 heterocycles. The largest absolute Gasteiger partial charge is 0.550 e. The molecule has 3 fully saturated rings. The number of pyridine rings is 1. The van der Waals surface area contributed by atoms with Gasteiger partial charge in [-0.15, -0.1) is 11.3 Å². The lowest BCUT2D eigenvalue weighted by atomic mass is 9.67. The Kier molecular flexibility index (Phi) is 11.9. The van der Waals surface area contributed by atoms with Crippen LogP contribution < -0.4 is 14.6 Å². The Morgan fingerprint density at radius 2 is 1.70 bits per heavy atom. The summed E-state index contributed by atoms with van der Waals surface area (Å²) >= 11 is 0.358. The zero-order valence-corrected chi connectivity index (χ0v) is 31.9. The third kappa shape index (κ3) is 8.15. The van der Waals surface area contributed by atoms with Crippen molar-refractivity contribution in [1.82, 2.24) is 14.8 Å². The molecule has 1 saturated carbocycles. The standard InChI is InChI=1S/C40H42F6N4O6S/c1-2-8-30-38(56-26-23-31(57-24-26)40(44,45)46,14-7-19-50(30)33(51)32-28(39(41,42)43)10-5-18-48-32)34(52)49-20-15-37(25-47,16-21-49)27-9-3-4-11-29(27)55-22-17-36(35(53)54)12-6-13-36/h3-5,9-11,18,23-24,30H,2,6-8,12-17,19-22H2,1H3,(H,53,54)/p-1/t30-,38+/m1/s1. The first kappa shape index (κ1) is 41.8. The Bertz CT molecular complexity index is 2000. The van der Waals surface area contributed by atoms with Gasteiger partial charge in [0.25, 0.3) is 11.8 Å². The summed E-state index contributed by atoms with van der Waals surface area (Å²) in [6, 6.07) is 10.6. The molecule has 0 unspecified atom stereocenters. The van der Waals surface area contributed by atoms with Crippen molar-refractivity contribution in [2.45, 2.75) is 101 Å². The molecular weight excluding hydrogens is 779 g/mol. The third-order valence-electron chi connectivity index (χ3n) is 11.6. The lowest BCUT2D eigenvalue weighted by molar-refractivity contribution is -0.324. The van der Waals surface area contributed by atoms with Gasteiger partial charge < -0.3 is 29.2 Å². The molecule has 2 aliphatic heterocycles. The topological polar surface area (TPSA) is 136 Å². The summed E-state index contributed by atoms with van der Waals surface area (Å²) in [4.78, 5) is 46.2. The number of benzene rings is 1. The van der Waals surface area contributed by atoms with Crippen molar-refractivity contribution in [2.24, 2.45) is 5.41 Å². The fourth-order valence-electron chi connectivity index (χ4n) is 8.38. The van der Waals surface area contributed by atoms with Crippen molar-refractivity contribution in [2.75, 3.05) is 26.2 Å². The van der Waals surface area contributed by atoms with Crippen LogP contribution in [0.1, 0.15) is 97.6 Å². The van der Waals surface area contributed by atoms with E-state index < -0.39 is 68.7 Å². The average Bonchev–Trinajstić information content (AvgIpc) is 3.65. The molecule has 57 heavy (non-hydrogen) atoms. The second-order valence-electron chi connectivity index (χ2n) is 14.9. The highest BCUT2D eigenvalue weighted by Gasteiger charge is 2.57. The Morgan fingerprint density at radius 3 is 2.30 bits per heavy atom. The number of carboxylic acid groups (broad SMARTS) is 1. The van der Waals surface area contributed by atoms with Crippen LogP contribution in [0.4, 0.5) is 26.3 Å². The molecule has 1 aromatic carbocycles. The summed E-state index contributed by atoms with van der Waals surface area (Å²) in [5, 5.41) is 23.5. The number of aromatic nitrogens is 1. The van der Waals surface area contributed by atoms with Crippen molar-refractivity contribution in [3.8, 4) is 17.6 Å². The number of amides is 2. The third-order valence-corrected chi connectivity index (χ3v) is 12.6. The number of aliphatic carboxylic acids is 1. The zero-order chi connectivity index (χ0) is 41.2. The van der Waals surface area contributed by atoms with E-state index in [4.69, 9.17) is 9.47 Å². The van der Waals surface area contributed by atoms with Crippen molar-refractivity contribution in [3.63, 3.8) is 0 Å². The van der Waals surface area contributed by atoms with Gasteiger partial charge >= 0.3 is 12.4 Å². The van der Waals surface area contributed by atoms with Crippen molar-refractivity contribution in [1.29, 1.82) is 5.26 Å². The number of para-hydroxylation sites is 1. The number of rotatable bonds is 12. The van der Waals surface area contributed by atoms with E-state index in [1.807, 2.05) is 0 Å². The molecule has 17 heteroatoms. The number of nitrogens with zero attached hydrogens (tertiary/aromatic N) is 4. The number of thiophene rings is 1. The first-order chi connectivity index (χ1) is 27.0. The zero-order valence-electron chi connectivity index (χ0n) is 31.1. The van der Waals surface area contributed by atoms with E-state index in [9.17, 15) is 46.3 Å². The number of halogens is 6. The first-order valence-electron chi connectivity index (χ1n) is 18.8. The van der Waals surface area contributed by atoms with Crippen LogP contribution in [0.25, 0.3) is 0 Å². The predicted molar refractivity (Wildman–Crippen MR) is 192 cm³/mol. The number of carboxylic acids is 1. The van der Waals surface area contributed by atoms with Gasteiger partial charge in [0.1, 0.15) is 22.1 Å². The fraction of sp³-hybridized carbons (Fsp3) is 0.525. The van der Waals surface area contributed by atoms with E-state index in [2.05, 4.69) is 11.1 Å². The van der Waals surface area contributed by atoms with Gasteiger partial charge in [0, 0.05) is 60.6 Å². The van der Waals surface area contributed by atoms with Crippen molar-refractivity contribution < 1.29 is 55.3 Å². The number of likely N-dealkylation sites (tertiary alicyclic amines) is 2. The van der Waals surface area contributed by atoms with Crippen molar-refractivity contribution >= 4 is 29.1 Å². The van der Waals surface area contributed by atoms with E-state index in [-0.39, 0.29) is 70.5 Å². The molecule has 3 aliphatic rings. The van der Waals surface area contributed by atoms with Gasteiger partial charge in [-0.1, -0.05) is 38.0 Å². The predicted octanol–water partition coefficient (Wildman–Crippen LogP) is 7.18. The summed E-state index contributed by atoms with van der Waals surface area (Å²) in [5.74, 6) is -2.76. The molecule has 0 N–H and O–H groups in total. The second-order valence-corrected chi connectivity index (χ2v) is 15.9. The van der Waals surface area contributed by atoms with E-state index in [1.165, 1.54) is 4.90 Å². The van der Waals surface area contributed by atoms with Crippen LogP contribution in [-0.4, -0.2) is 70.5 Å². The van der Waals surface area contributed by atoms with Gasteiger partial charge in [0.2, 0.25) is 5.60 Å². The molecule has 2 atom stereocenters. The van der Waals surface area contributed by atoms with E-state index in [0.717, 1.165) is 41.1 Å². The highest BCUT2D eigenvalue weighted by molar-refractivity contribution is 7.10. The van der Waals surface area contributed by atoms with Gasteiger partial charge in [-0.25, -0.2) is 0 Å². The number of alkyl halides is 6. The summed E-state index contributed by atoms with van der Waals surface area (Å²) in [6.45, 7) is 1.73. The van der Waals surface area contributed by atoms with Gasteiger partial charge in [0.05, 0.1) is 29.7 Å². The van der Waals surface area contributed by atoms with Crippen LogP contribution in [0, 0.1) is 16.7 Å². The maximum absolute atomic E-state index is 15.0. The normalized spacial score (nSPS) is 21.9. The first-order valence-corrected chi connectivity index (χ1v) is 19.7. The number of hydrogen-bond acceptors (Lipinski definition) is 9. The number of carbonyl (C=O) groups excluding carboxylic acids is 3. The van der Waals surface area contributed by atoms with Crippen LogP contribution in [0.2, 0.25) is 0 Å². The van der Waals surface area contributed by atoms with E-state index in [0.29, 0.717) is 41.9 Å². The monoisotopic (exact) mass is 819 g/mol. The highest BCUT2D eigenvalue weighted by Crippen LogP contribution is 2.46. The minimum absolute atomic E-state index is 0.0116. The van der Waals surface area contributed by atoms with E-state index >= 15 is 4.79 Å². The summed E-state index contributed by atoms with van der Waals surface area (Å²) in [7, 11) is 0. The number of carbonyl (C=O) groups is 3. The molecule has 10 nitrogen and oxygen atoms in total. The van der Waals surface area contributed by atoms with Gasteiger partial charge in [-0.3, -0.25) is 14.6 Å². The van der Waals surface area contributed by atoms with Gasteiger partial charge in [-0.2, -0.15) is 31.6 Å². The minimum atomic E-state index is -4.93. The molecule has 306 valence electrons. The van der Waals surface area contributed by atoms with Gasteiger partial charge in [0.15, 0.2) is 0 Å². The maximum Gasteiger partial charge on any atom is 0.425 e. The minimum Gasteiger partial charge on any atom is -0.550 e. The second kappa shape index (κ2) is 16.2. The van der Waals surface area contributed by atoms with Crippen LogP contribution in [0.3, 0.4) is 0 Å². The molecule has 1 aliphatic carbocycles. The smallest absolute Gasteiger partial charge is 0.425 e. The Balaban J connectivity index is 1.31. The molecule has 6 rings (SSSR count). The van der Waals surface area contributed by atoms with E-state index in [1.54, 1.807) is 31.2 Å². The number of nitriles is 1. The molecule has 0 bridgehead atoms. The highest BCUT2D eigenvalue weighted by atomic mass is 32.1. The number of hydrogen-bond donors (Lipinski definition) is 0. The number of piperidine rings is 2. The molecule has 2 amide bonds. The summed E-state index contributed by atoms with van der Waals surface area (Å²) in [6.07, 6.45) is -5.97. The molecule has 0 spiro atoms. The quantitative estimate of drug-likeness (QED) is 0.176. The average molecular weight is 820 g/mol. The molecular formula is C40H41F6N4O6S-. The summed E-state index contributed by atoms with van der Waals surface area (Å²) < 4.78 is 95.9. The van der Waals surface area contributed by atoms with Crippen LogP contribution >= 0.6 is 11.3 Å². The molecule has 3 aromatic rings. The molecule has 2 saturated heterocycles. The fourth-order valence-corrected chi connectivity index (χ4v) is 9.06. The summed E-state index contributed by atoms with van der Waals surface area (Å²) in [5.41, 5.74) is -5.70. The Labute approximate surface area is 329 Å². The van der Waals surface area contributed by atoms with Crippen molar-refractivity contribution in [3.05, 3.63) is 75.7 Å². The molecule has 2 aromatic heterocycles. The Hall–Kier alpha value is -4.85. The van der Waals surface area contributed by atoms with Crippen LogP contribution in [-0.2, 0) is 27.4 Å². The number of ether oxygens (including phenoxy) is 2.